The molecule has 0 saturated heterocycles. The van der Waals surface area contributed by atoms with Crippen LogP contribution in [0.15, 0.2) is 76.9 Å². The minimum atomic E-state index is -0.227. The largest absolute Gasteiger partial charge is 0.497 e. The Kier molecular flexibility index (Phi) is 5.01. The lowest BCUT2D eigenvalue weighted by Gasteiger charge is -2.26. The number of nitriles is 1. The molecule has 0 saturated carbocycles. The van der Waals surface area contributed by atoms with Gasteiger partial charge >= 0.3 is 0 Å². The first-order valence-electron chi connectivity index (χ1n) is 9.44. The summed E-state index contributed by atoms with van der Waals surface area (Å²) < 4.78 is 16.6. The Bertz CT molecular complexity index is 1090. The van der Waals surface area contributed by atoms with Crippen LogP contribution in [0.1, 0.15) is 29.9 Å². The average Bonchev–Trinajstić information content (AvgIpc) is 3.14. The van der Waals surface area contributed by atoms with Crippen molar-refractivity contribution in [1.29, 1.82) is 5.26 Å². The smallest absolute Gasteiger partial charge is 0.205 e. The van der Waals surface area contributed by atoms with E-state index in [1.807, 2.05) is 48.5 Å². The lowest BCUT2D eigenvalue weighted by Crippen LogP contribution is -2.19. The van der Waals surface area contributed by atoms with Gasteiger partial charge in [-0.25, -0.2) is 0 Å². The number of ether oxygens (including phenoxy) is 3. The molecule has 0 aromatic heterocycles. The molecule has 0 amide bonds. The standard InChI is InChI=1S/C24H22N2O3/c1-27-18-7-3-5-15(12-18)11-17-9-10-20-22(16-6-4-8-19(13-16)28-2)21(14-25)24(26)29-23(17)20/h3-8,11-13,22H,9-10,26H2,1-2H3/b17-11+/t22-/m1/s1. The number of hydrogen-bond donors (Lipinski definition) is 1. The van der Waals surface area contributed by atoms with Crippen LogP contribution in [0.2, 0.25) is 0 Å². The number of benzene rings is 2. The Labute approximate surface area is 170 Å². The van der Waals surface area contributed by atoms with Crippen LogP contribution >= 0.6 is 0 Å². The van der Waals surface area contributed by atoms with Gasteiger partial charge in [0.2, 0.25) is 5.88 Å². The first-order valence-corrected chi connectivity index (χ1v) is 9.44. The highest BCUT2D eigenvalue weighted by Gasteiger charge is 2.37. The molecule has 5 heteroatoms. The number of nitrogens with zero attached hydrogens (tertiary/aromatic N) is 1. The predicted octanol–water partition coefficient (Wildman–Crippen LogP) is 4.64. The molecule has 0 unspecified atom stereocenters. The molecule has 2 aliphatic rings. The van der Waals surface area contributed by atoms with E-state index in [-0.39, 0.29) is 11.8 Å². The summed E-state index contributed by atoms with van der Waals surface area (Å²) in [6, 6.07) is 17.9. The second kappa shape index (κ2) is 7.76. The lowest BCUT2D eigenvalue weighted by atomic mass is 9.83. The Hall–Kier alpha value is -3.65. The van der Waals surface area contributed by atoms with Crippen molar-refractivity contribution in [1.82, 2.24) is 0 Å². The van der Waals surface area contributed by atoms with Crippen LogP contribution in [0.5, 0.6) is 11.5 Å². The molecule has 29 heavy (non-hydrogen) atoms. The maximum absolute atomic E-state index is 9.75. The second-order valence-corrected chi connectivity index (χ2v) is 7.00. The van der Waals surface area contributed by atoms with E-state index in [0.717, 1.165) is 52.4 Å². The summed E-state index contributed by atoms with van der Waals surface area (Å²) in [5, 5.41) is 9.75. The lowest BCUT2D eigenvalue weighted by molar-refractivity contribution is 0.292. The molecule has 1 heterocycles. The van der Waals surface area contributed by atoms with E-state index in [1.165, 1.54) is 0 Å². The van der Waals surface area contributed by atoms with Crippen molar-refractivity contribution in [2.45, 2.75) is 18.8 Å². The van der Waals surface area contributed by atoms with Gasteiger partial charge < -0.3 is 19.9 Å². The van der Waals surface area contributed by atoms with Gasteiger partial charge in [-0.15, -0.1) is 0 Å². The van der Waals surface area contributed by atoms with Crippen molar-refractivity contribution in [3.63, 3.8) is 0 Å². The van der Waals surface area contributed by atoms with E-state index in [2.05, 4.69) is 12.1 Å². The van der Waals surface area contributed by atoms with Crippen LogP contribution in [-0.2, 0) is 4.74 Å². The Morgan fingerprint density at radius 3 is 2.52 bits per heavy atom. The fraction of sp³-hybridized carbons (Fsp3) is 0.208. The molecule has 0 bridgehead atoms. The van der Waals surface area contributed by atoms with Gasteiger partial charge in [-0.3, -0.25) is 0 Å². The zero-order valence-electron chi connectivity index (χ0n) is 16.4. The van der Waals surface area contributed by atoms with Crippen LogP contribution in [0.25, 0.3) is 6.08 Å². The van der Waals surface area contributed by atoms with Crippen LogP contribution in [-0.4, -0.2) is 14.2 Å². The maximum atomic E-state index is 9.75. The summed E-state index contributed by atoms with van der Waals surface area (Å²) in [7, 11) is 3.29. The highest BCUT2D eigenvalue weighted by atomic mass is 16.5. The van der Waals surface area contributed by atoms with Crippen molar-refractivity contribution in [2.75, 3.05) is 14.2 Å². The van der Waals surface area contributed by atoms with Gasteiger partial charge in [0.15, 0.2) is 0 Å². The van der Waals surface area contributed by atoms with Gasteiger partial charge in [-0.05, 0) is 65.5 Å². The Balaban J connectivity index is 1.79. The molecule has 2 N–H and O–H groups in total. The molecule has 1 aliphatic carbocycles. The van der Waals surface area contributed by atoms with E-state index in [1.54, 1.807) is 14.2 Å². The van der Waals surface area contributed by atoms with Gasteiger partial charge in [0.05, 0.1) is 14.2 Å². The minimum absolute atomic E-state index is 0.164. The quantitative estimate of drug-likeness (QED) is 0.828. The molecular formula is C24H22N2O3. The summed E-state index contributed by atoms with van der Waals surface area (Å²) >= 11 is 0. The van der Waals surface area contributed by atoms with Gasteiger partial charge in [0, 0.05) is 5.92 Å². The highest BCUT2D eigenvalue weighted by Crippen LogP contribution is 2.48. The molecule has 1 atom stereocenters. The third kappa shape index (κ3) is 3.45. The summed E-state index contributed by atoms with van der Waals surface area (Å²) in [5.41, 5.74) is 10.8. The maximum Gasteiger partial charge on any atom is 0.205 e. The molecule has 0 radical (unpaired) electrons. The Morgan fingerprint density at radius 2 is 1.79 bits per heavy atom. The normalized spacial score (nSPS) is 19.6. The number of methoxy groups -OCH3 is 2. The van der Waals surface area contributed by atoms with Gasteiger partial charge in [-0.2, -0.15) is 5.26 Å². The molecule has 2 aromatic carbocycles. The molecule has 4 rings (SSSR count). The van der Waals surface area contributed by atoms with Crippen molar-refractivity contribution in [3.8, 4) is 17.6 Å². The summed E-state index contributed by atoms with van der Waals surface area (Å²) in [4.78, 5) is 0. The summed E-state index contributed by atoms with van der Waals surface area (Å²) in [6.07, 6.45) is 3.73. The number of allylic oxidation sites excluding steroid dienone is 3. The topological polar surface area (TPSA) is 77.5 Å². The van der Waals surface area contributed by atoms with E-state index < -0.39 is 0 Å². The second-order valence-electron chi connectivity index (χ2n) is 7.00. The molecule has 0 spiro atoms. The fourth-order valence-electron chi connectivity index (χ4n) is 3.97. The molecule has 2 aromatic rings. The fourth-order valence-corrected chi connectivity index (χ4v) is 3.97. The average molecular weight is 386 g/mol. The molecule has 146 valence electrons. The van der Waals surface area contributed by atoms with Crippen molar-refractivity contribution < 1.29 is 14.2 Å². The van der Waals surface area contributed by atoms with E-state index in [4.69, 9.17) is 19.9 Å². The first kappa shape index (κ1) is 18.7. The molecule has 1 aliphatic heterocycles. The van der Waals surface area contributed by atoms with E-state index in [9.17, 15) is 5.26 Å². The number of rotatable bonds is 4. The van der Waals surface area contributed by atoms with Crippen LogP contribution < -0.4 is 15.2 Å². The molecule has 5 nitrogen and oxygen atoms in total. The SMILES string of the molecule is COc1cccc(/C=C2\CCC3=C2OC(N)=C(C#N)[C@@H]3c2cccc(OC)c2)c1. The minimum Gasteiger partial charge on any atom is -0.497 e. The third-order valence-electron chi connectivity index (χ3n) is 5.34. The Morgan fingerprint density at radius 1 is 1.07 bits per heavy atom. The van der Waals surface area contributed by atoms with Gasteiger partial charge in [0.1, 0.15) is 28.9 Å². The summed E-state index contributed by atoms with van der Waals surface area (Å²) in [6.45, 7) is 0. The van der Waals surface area contributed by atoms with E-state index in [0.29, 0.717) is 5.57 Å². The van der Waals surface area contributed by atoms with Gasteiger partial charge in [0.25, 0.3) is 0 Å². The zero-order valence-corrected chi connectivity index (χ0v) is 16.4. The van der Waals surface area contributed by atoms with Crippen molar-refractivity contribution in [2.24, 2.45) is 5.73 Å². The number of hydrogen-bond acceptors (Lipinski definition) is 5. The first-order chi connectivity index (χ1) is 14.1. The monoisotopic (exact) mass is 386 g/mol. The van der Waals surface area contributed by atoms with Crippen LogP contribution in [0.4, 0.5) is 0 Å². The zero-order chi connectivity index (χ0) is 20.4. The molecular weight excluding hydrogens is 364 g/mol. The van der Waals surface area contributed by atoms with E-state index >= 15 is 0 Å². The van der Waals surface area contributed by atoms with Crippen molar-refractivity contribution >= 4 is 6.08 Å². The van der Waals surface area contributed by atoms with Gasteiger partial charge in [-0.1, -0.05) is 24.3 Å². The summed E-state index contributed by atoms with van der Waals surface area (Å²) in [5.74, 6) is 2.26. The number of nitrogens with two attached hydrogens (primary N) is 1. The third-order valence-corrected chi connectivity index (χ3v) is 5.34. The van der Waals surface area contributed by atoms with Crippen molar-refractivity contribution in [3.05, 3.63) is 88.0 Å². The van der Waals surface area contributed by atoms with Crippen LogP contribution in [0, 0.1) is 11.3 Å². The molecule has 0 fully saturated rings. The predicted molar refractivity (Wildman–Crippen MR) is 111 cm³/mol. The van der Waals surface area contributed by atoms with Crippen LogP contribution in [0.3, 0.4) is 0 Å². The highest BCUT2D eigenvalue weighted by molar-refractivity contribution is 5.64.